The minimum absolute atomic E-state index is 0.0792. The Bertz CT molecular complexity index is 547. The summed E-state index contributed by atoms with van der Waals surface area (Å²) in [5, 5.41) is 2.02. The second-order valence-corrected chi connectivity index (χ2v) is 6.07. The zero-order valence-electron chi connectivity index (χ0n) is 12.5. The van der Waals surface area contributed by atoms with Crippen molar-refractivity contribution in [3.05, 3.63) is 34.9 Å². The summed E-state index contributed by atoms with van der Waals surface area (Å²) in [5.41, 5.74) is 2.42. The van der Waals surface area contributed by atoms with Crippen molar-refractivity contribution in [3.8, 4) is 0 Å². The lowest BCUT2D eigenvalue weighted by atomic mass is 9.93. The number of carbonyl (C=O) groups is 1. The van der Waals surface area contributed by atoms with Crippen LogP contribution in [-0.4, -0.2) is 18.1 Å². The minimum Gasteiger partial charge on any atom is -0.341 e. The zero-order chi connectivity index (χ0) is 15.8. The second kappa shape index (κ2) is 5.35. The normalized spacial score (nSPS) is 18.2. The van der Waals surface area contributed by atoms with E-state index >= 15 is 0 Å². The summed E-state index contributed by atoms with van der Waals surface area (Å²) in [6, 6.07) is 3.60. The summed E-state index contributed by atoms with van der Waals surface area (Å²) in [5.74, 6) is -0.666. The third-order valence-electron chi connectivity index (χ3n) is 4.20. The fraction of sp³-hybridized carbons (Fsp3) is 0.562. The van der Waals surface area contributed by atoms with Crippen molar-refractivity contribution in [1.29, 1.82) is 0 Å². The number of hydrogen-bond donors (Lipinski definition) is 1. The van der Waals surface area contributed by atoms with Crippen LogP contribution < -0.4 is 5.32 Å². The van der Waals surface area contributed by atoms with Gasteiger partial charge in [0.2, 0.25) is 0 Å². The van der Waals surface area contributed by atoms with Gasteiger partial charge in [0.05, 0.1) is 0 Å². The number of amides is 1. The lowest BCUT2D eigenvalue weighted by Crippen LogP contribution is -2.43. The third-order valence-corrected chi connectivity index (χ3v) is 4.20. The van der Waals surface area contributed by atoms with E-state index in [1.807, 2.05) is 12.2 Å². The molecule has 1 fully saturated rings. The Morgan fingerprint density at radius 3 is 2.43 bits per heavy atom. The van der Waals surface area contributed by atoms with E-state index in [2.05, 4.69) is 13.0 Å². The van der Waals surface area contributed by atoms with Gasteiger partial charge in [-0.05, 0) is 54.9 Å². The highest BCUT2D eigenvalue weighted by Gasteiger charge is 2.40. The molecule has 0 unspecified atom stereocenters. The van der Waals surface area contributed by atoms with E-state index in [0.717, 1.165) is 37.3 Å². The van der Waals surface area contributed by atoms with Crippen molar-refractivity contribution >= 4 is 5.91 Å². The maximum absolute atomic E-state index is 12.5. The average Bonchev–Trinajstić information content (AvgIpc) is 3.16. The number of alkyl halides is 3. The third kappa shape index (κ3) is 3.57. The van der Waals surface area contributed by atoms with Gasteiger partial charge in [-0.25, -0.2) is 0 Å². The molecule has 1 aliphatic carbocycles. The molecule has 1 amide bonds. The van der Waals surface area contributed by atoms with Crippen LogP contribution >= 0.6 is 0 Å². The first-order valence-corrected chi connectivity index (χ1v) is 7.18. The first kappa shape index (κ1) is 15.9. The van der Waals surface area contributed by atoms with Gasteiger partial charge >= 0.3 is 6.18 Å². The van der Waals surface area contributed by atoms with Crippen molar-refractivity contribution in [2.75, 3.05) is 0 Å². The summed E-state index contributed by atoms with van der Waals surface area (Å²) >= 11 is 0. The Morgan fingerprint density at radius 2 is 1.95 bits per heavy atom. The number of rotatable bonds is 4. The van der Waals surface area contributed by atoms with Crippen molar-refractivity contribution < 1.29 is 18.0 Å². The number of nitrogens with one attached hydrogen (secondary N) is 1. The predicted molar refractivity (Wildman–Crippen MR) is 75.4 cm³/mol. The molecule has 0 spiro atoms. The van der Waals surface area contributed by atoms with Crippen LogP contribution in [0, 0.1) is 0 Å². The van der Waals surface area contributed by atoms with E-state index in [1.54, 1.807) is 12.1 Å². The molecule has 0 heterocycles. The first-order chi connectivity index (χ1) is 9.65. The Morgan fingerprint density at radius 1 is 1.33 bits per heavy atom. The predicted octanol–water partition coefficient (Wildman–Crippen LogP) is 3.98. The zero-order valence-corrected chi connectivity index (χ0v) is 12.5. The smallest absolute Gasteiger partial charge is 0.341 e. The van der Waals surface area contributed by atoms with E-state index < -0.39 is 18.1 Å². The Balaban J connectivity index is 2.24. The molecule has 1 aromatic rings. The Hall–Kier alpha value is -1.52. The van der Waals surface area contributed by atoms with Gasteiger partial charge in [-0.3, -0.25) is 4.79 Å². The molecule has 2 rings (SSSR count). The van der Waals surface area contributed by atoms with Crippen molar-refractivity contribution in [2.24, 2.45) is 0 Å². The molecule has 1 aromatic carbocycles. The summed E-state index contributed by atoms with van der Waals surface area (Å²) in [7, 11) is 0. The monoisotopic (exact) mass is 299 g/mol. The Kier molecular flexibility index (Phi) is 4.04. The Labute approximate surface area is 122 Å². The highest BCUT2D eigenvalue weighted by atomic mass is 19.4. The molecule has 0 aromatic heterocycles. The van der Waals surface area contributed by atoms with Crippen LogP contribution in [0.2, 0.25) is 0 Å². The van der Waals surface area contributed by atoms with Crippen LogP contribution in [0.25, 0.3) is 0 Å². The van der Waals surface area contributed by atoms with Gasteiger partial charge in [0, 0.05) is 5.56 Å². The van der Waals surface area contributed by atoms with Crippen LogP contribution in [0.1, 0.15) is 55.1 Å². The standard InChI is InChI=1S/C16H20F3NO/c1-4-11-7-12(9-13(8-11)15(3)5-6-15)14(21)20-10(2)16(17,18)19/h7-10H,4-6H2,1-3H3,(H,20,21)/t10-/m1/s1. The maximum Gasteiger partial charge on any atom is 0.408 e. The quantitative estimate of drug-likeness (QED) is 0.895. The average molecular weight is 299 g/mol. The fourth-order valence-electron chi connectivity index (χ4n) is 2.21. The first-order valence-electron chi connectivity index (χ1n) is 7.18. The van der Waals surface area contributed by atoms with E-state index in [1.165, 1.54) is 0 Å². The lowest BCUT2D eigenvalue weighted by molar-refractivity contribution is -0.149. The molecule has 21 heavy (non-hydrogen) atoms. The van der Waals surface area contributed by atoms with Gasteiger partial charge in [-0.1, -0.05) is 19.9 Å². The molecular formula is C16H20F3NO. The number of aryl methyl sites for hydroxylation is 1. The molecule has 1 atom stereocenters. The van der Waals surface area contributed by atoms with Gasteiger partial charge < -0.3 is 5.32 Å². The topological polar surface area (TPSA) is 29.1 Å². The van der Waals surface area contributed by atoms with Gasteiger partial charge in [0.1, 0.15) is 6.04 Å². The lowest BCUT2D eigenvalue weighted by Gasteiger charge is -2.18. The summed E-state index contributed by atoms with van der Waals surface area (Å²) in [6.07, 6.45) is -1.57. The van der Waals surface area contributed by atoms with Gasteiger partial charge in [0.25, 0.3) is 5.91 Å². The molecule has 2 nitrogen and oxygen atoms in total. The van der Waals surface area contributed by atoms with Crippen LogP contribution in [0.5, 0.6) is 0 Å². The highest BCUT2D eigenvalue weighted by molar-refractivity contribution is 5.95. The summed E-state index contributed by atoms with van der Waals surface area (Å²) in [4.78, 5) is 12.1. The van der Waals surface area contributed by atoms with E-state index in [9.17, 15) is 18.0 Å². The molecule has 0 radical (unpaired) electrons. The molecule has 1 N–H and O–H groups in total. The number of hydrogen-bond acceptors (Lipinski definition) is 1. The molecule has 0 aliphatic heterocycles. The van der Waals surface area contributed by atoms with Gasteiger partial charge in [-0.2, -0.15) is 13.2 Å². The maximum atomic E-state index is 12.5. The summed E-state index contributed by atoms with van der Waals surface area (Å²) in [6.45, 7) is 5.03. The van der Waals surface area contributed by atoms with Crippen LogP contribution in [0.15, 0.2) is 18.2 Å². The molecular weight excluding hydrogens is 279 g/mol. The largest absolute Gasteiger partial charge is 0.408 e. The van der Waals surface area contributed by atoms with Gasteiger partial charge in [-0.15, -0.1) is 0 Å². The van der Waals surface area contributed by atoms with Crippen LogP contribution in [-0.2, 0) is 11.8 Å². The molecule has 0 saturated heterocycles. The van der Waals surface area contributed by atoms with Crippen molar-refractivity contribution in [2.45, 2.75) is 57.7 Å². The summed E-state index contributed by atoms with van der Waals surface area (Å²) < 4.78 is 37.6. The van der Waals surface area contributed by atoms with Crippen LogP contribution in [0.4, 0.5) is 13.2 Å². The SMILES string of the molecule is CCc1cc(C(=O)N[C@H](C)C(F)(F)F)cc(C2(C)CC2)c1. The van der Waals surface area contributed by atoms with E-state index in [0.29, 0.717) is 5.56 Å². The molecule has 5 heteroatoms. The fourth-order valence-corrected chi connectivity index (χ4v) is 2.21. The van der Waals surface area contributed by atoms with Crippen molar-refractivity contribution in [3.63, 3.8) is 0 Å². The number of benzene rings is 1. The minimum atomic E-state index is -4.43. The van der Waals surface area contributed by atoms with E-state index in [-0.39, 0.29) is 5.41 Å². The highest BCUT2D eigenvalue weighted by Crippen LogP contribution is 2.48. The molecule has 116 valence electrons. The van der Waals surface area contributed by atoms with Crippen molar-refractivity contribution in [1.82, 2.24) is 5.32 Å². The van der Waals surface area contributed by atoms with Gasteiger partial charge in [0.15, 0.2) is 0 Å². The number of halogens is 3. The van der Waals surface area contributed by atoms with Crippen LogP contribution in [0.3, 0.4) is 0 Å². The molecule has 1 saturated carbocycles. The molecule has 1 aliphatic rings. The number of carbonyl (C=O) groups excluding carboxylic acids is 1. The van der Waals surface area contributed by atoms with E-state index in [4.69, 9.17) is 0 Å². The second-order valence-electron chi connectivity index (χ2n) is 6.07. The molecule has 0 bridgehead atoms.